The molecule has 3 rings (SSSR count). The van der Waals surface area contributed by atoms with Gasteiger partial charge in [-0.1, -0.05) is 30.3 Å². The molecule has 1 atom stereocenters. The molecule has 1 aliphatic rings. The third kappa shape index (κ3) is 5.05. The molecule has 2 heterocycles. The van der Waals surface area contributed by atoms with Crippen molar-refractivity contribution in [1.29, 1.82) is 0 Å². The molecule has 7 heteroatoms. The molecule has 1 aliphatic heterocycles. The van der Waals surface area contributed by atoms with Crippen molar-refractivity contribution in [3.63, 3.8) is 0 Å². The van der Waals surface area contributed by atoms with Crippen LogP contribution in [0.5, 0.6) is 0 Å². The number of nitrogens with zero attached hydrogens (tertiary/aromatic N) is 4. The third-order valence-corrected chi connectivity index (χ3v) is 6.99. The van der Waals surface area contributed by atoms with Gasteiger partial charge in [-0.15, -0.1) is 0 Å². The zero-order valence-corrected chi connectivity index (χ0v) is 17.1. The van der Waals surface area contributed by atoms with E-state index >= 15 is 0 Å². The number of hydrogen-bond acceptors (Lipinski definition) is 5. The molecule has 27 heavy (non-hydrogen) atoms. The first-order chi connectivity index (χ1) is 12.8. The maximum absolute atomic E-state index is 12.8. The highest BCUT2D eigenvalue weighted by Crippen LogP contribution is 2.23. The van der Waals surface area contributed by atoms with E-state index in [2.05, 4.69) is 14.9 Å². The summed E-state index contributed by atoms with van der Waals surface area (Å²) in [6.07, 6.45) is 2.61. The zero-order chi connectivity index (χ0) is 19.4. The van der Waals surface area contributed by atoms with Gasteiger partial charge in [-0.2, -0.15) is 0 Å². The van der Waals surface area contributed by atoms with E-state index in [1.165, 1.54) is 0 Å². The van der Waals surface area contributed by atoms with E-state index in [4.69, 9.17) is 0 Å². The lowest BCUT2D eigenvalue weighted by atomic mass is 10.1. The number of benzene rings is 1. The highest BCUT2D eigenvalue weighted by molar-refractivity contribution is 7.88. The maximum Gasteiger partial charge on any atom is 0.218 e. The summed E-state index contributed by atoms with van der Waals surface area (Å²) in [6, 6.07) is 11.4. The van der Waals surface area contributed by atoms with E-state index in [1.807, 2.05) is 50.2 Å². The minimum atomic E-state index is -3.34. The van der Waals surface area contributed by atoms with Gasteiger partial charge in [0.1, 0.15) is 11.6 Å². The first kappa shape index (κ1) is 19.8. The van der Waals surface area contributed by atoms with Crippen molar-refractivity contribution in [2.24, 2.45) is 0 Å². The average Bonchev–Trinajstić information content (AvgIpc) is 2.87. The molecule has 0 saturated carbocycles. The highest BCUT2D eigenvalue weighted by atomic mass is 32.2. The Bertz CT molecular complexity index is 851. The van der Waals surface area contributed by atoms with E-state index in [0.29, 0.717) is 0 Å². The van der Waals surface area contributed by atoms with Crippen LogP contribution in [-0.4, -0.2) is 48.9 Å². The van der Waals surface area contributed by atoms with Crippen LogP contribution >= 0.6 is 0 Å². The smallest absolute Gasteiger partial charge is 0.218 e. The lowest BCUT2D eigenvalue weighted by Gasteiger charge is -2.27. The molecule has 0 spiro atoms. The summed E-state index contributed by atoms with van der Waals surface area (Å²) in [7, 11) is -1.62. The number of aryl methyl sites for hydroxylation is 2. The lowest BCUT2D eigenvalue weighted by Crippen LogP contribution is -2.38. The van der Waals surface area contributed by atoms with E-state index < -0.39 is 10.0 Å². The predicted octanol–water partition coefficient (Wildman–Crippen LogP) is 2.91. The van der Waals surface area contributed by atoms with Gasteiger partial charge in [-0.25, -0.2) is 22.7 Å². The first-order valence-electron chi connectivity index (χ1n) is 9.42. The summed E-state index contributed by atoms with van der Waals surface area (Å²) in [4.78, 5) is 11.1. The van der Waals surface area contributed by atoms with Crippen molar-refractivity contribution < 1.29 is 8.42 Å². The monoisotopic (exact) mass is 388 g/mol. The maximum atomic E-state index is 12.8. The summed E-state index contributed by atoms with van der Waals surface area (Å²) in [6.45, 7) is 5.56. The van der Waals surface area contributed by atoms with Gasteiger partial charge in [0.15, 0.2) is 0 Å². The zero-order valence-electron chi connectivity index (χ0n) is 16.3. The second-order valence-corrected chi connectivity index (χ2v) is 9.27. The van der Waals surface area contributed by atoms with Gasteiger partial charge in [0.25, 0.3) is 0 Å². The summed E-state index contributed by atoms with van der Waals surface area (Å²) < 4.78 is 27.3. The molecule has 0 amide bonds. The van der Waals surface area contributed by atoms with Crippen LogP contribution in [0.3, 0.4) is 0 Å². The van der Waals surface area contributed by atoms with Gasteiger partial charge in [0.2, 0.25) is 10.0 Å². The molecule has 0 unspecified atom stereocenters. The molecule has 1 saturated heterocycles. The Morgan fingerprint density at radius 2 is 1.85 bits per heavy atom. The van der Waals surface area contributed by atoms with Crippen molar-refractivity contribution in [2.75, 3.05) is 25.0 Å². The Hall–Kier alpha value is -1.99. The Morgan fingerprint density at radius 1 is 1.11 bits per heavy atom. The molecule has 0 bridgehead atoms. The molecule has 6 nitrogen and oxygen atoms in total. The second-order valence-electron chi connectivity index (χ2n) is 7.24. The van der Waals surface area contributed by atoms with Gasteiger partial charge in [-0.05, 0) is 38.7 Å². The largest absolute Gasteiger partial charge is 0.356 e. The fraction of sp³-hybridized carbons (Fsp3) is 0.500. The number of sulfonamides is 1. The molecular weight excluding hydrogens is 360 g/mol. The third-order valence-electron chi connectivity index (χ3n) is 5.12. The van der Waals surface area contributed by atoms with E-state index in [1.54, 1.807) is 11.4 Å². The fourth-order valence-electron chi connectivity index (χ4n) is 3.64. The summed E-state index contributed by atoms with van der Waals surface area (Å²) >= 11 is 0. The highest BCUT2D eigenvalue weighted by Gasteiger charge is 2.28. The predicted molar refractivity (Wildman–Crippen MR) is 108 cm³/mol. The quantitative estimate of drug-likeness (QED) is 0.788. The van der Waals surface area contributed by atoms with Gasteiger partial charge in [0.05, 0.1) is 5.75 Å². The molecule has 0 aliphatic carbocycles. The van der Waals surface area contributed by atoms with Crippen molar-refractivity contribution in [1.82, 2.24) is 14.3 Å². The topological polar surface area (TPSA) is 66.4 Å². The van der Waals surface area contributed by atoms with E-state index in [-0.39, 0.29) is 11.8 Å². The van der Waals surface area contributed by atoms with Crippen LogP contribution in [0.25, 0.3) is 0 Å². The van der Waals surface area contributed by atoms with Crippen LogP contribution < -0.4 is 4.90 Å². The van der Waals surface area contributed by atoms with Crippen molar-refractivity contribution >= 4 is 15.8 Å². The summed E-state index contributed by atoms with van der Waals surface area (Å²) in [5.74, 6) is 1.76. The molecule has 0 N–H and O–H groups in total. The number of aromatic nitrogens is 2. The average molecular weight is 389 g/mol. The van der Waals surface area contributed by atoms with E-state index in [0.717, 1.165) is 55.3 Å². The van der Waals surface area contributed by atoms with Crippen LogP contribution in [0.2, 0.25) is 0 Å². The van der Waals surface area contributed by atoms with Crippen LogP contribution in [0.4, 0.5) is 5.82 Å². The van der Waals surface area contributed by atoms with Crippen LogP contribution in [0.15, 0.2) is 36.4 Å². The molecule has 1 aromatic carbocycles. The van der Waals surface area contributed by atoms with Crippen LogP contribution in [-0.2, 0) is 15.8 Å². The SMILES string of the molecule is Cc1cc(N2CCC[C@H](N(C)S(=O)(=O)Cc3ccccc3)CC2)nc(C)n1. The Kier molecular flexibility index (Phi) is 6.11. The number of rotatable bonds is 5. The van der Waals surface area contributed by atoms with Crippen molar-refractivity contribution in [2.45, 2.75) is 44.9 Å². The number of anilines is 1. The lowest BCUT2D eigenvalue weighted by molar-refractivity contribution is 0.341. The van der Waals surface area contributed by atoms with Gasteiger partial charge in [0, 0.05) is 37.9 Å². The van der Waals surface area contributed by atoms with Crippen molar-refractivity contribution in [3.05, 3.63) is 53.5 Å². The van der Waals surface area contributed by atoms with Gasteiger partial charge in [-0.3, -0.25) is 0 Å². The van der Waals surface area contributed by atoms with Crippen LogP contribution in [0.1, 0.15) is 36.3 Å². The fourth-order valence-corrected chi connectivity index (χ4v) is 5.13. The Morgan fingerprint density at radius 3 is 2.56 bits per heavy atom. The minimum Gasteiger partial charge on any atom is -0.356 e. The Balaban J connectivity index is 1.68. The molecule has 1 fully saturated rings. The number of hydrogen-bond donors (Lipinski definition) is 0. The summed E-state index contributed by atoms with van der Waals surface area (Å²) in [5, 5.41) is 0. The van der Waals surface area contributed by atoms with Crippen LogP contribution in [0, 0.1) is 13.8 Å². The van der Waals surface area contributed by atoms with Gasteiger partial charge < -0.3 is 4.90 Å². The standard InChI is InChI=1S/C20H28N4O2S/c1-16-14-20(22-17(2)21-16)24-12-7-10-19(11-13-24)23(3)27(25,26)15-18-8-5-4-6-9-18/h4-6,8-9,14,19H,7,10-13,15H2,1-3H3/t19-/m0/s1. The molecular formula is C20H28N4O2S. The minimum absolute atomic E-state index is 0.0211. The molecule has 146 valence electrons. The summed E-state index contributed by atoms with van der Waals surface area (Å²) in [5.41, 5.74) is 1.78. The molecule has 1 aromatic heterocycles. The molecule has 0 radical (unpaired) electrons. The second kappa shape index (κ2) is 8.35. The van der Waals surface area contributed by atoms with Crippen molar-refractivity contribution in [3.8, 4) is 0 Å². The first-order valence-corrected chi connectivity index (χ1v) is 11.0. The van der Waals surface area contributed by atoms with E-state index in [9.17, 15) is 8.42 Å². The molecule has 2 aromatic rings. The Labute approximate surface area is 162 Å². The van der Waals surface area contributed by atoms with Gasteiger partial charge >= 0.3 is 0 Å². The normalized spacial score (nSPS) is 18.5.